The van der Waals surface area contributed by atoms with Gasteiger partial charge in [-0.05, 0) is 42.9 Å². The summed E-state index contributed by atoms with van der Waals surface area (Å²) < 4.78 is 11.8. The van der Waals surface area contributed by atoms with Gasteiger partial charge in [0.2, 0.25) is 5.91 Å². The smallest absolute Gasteiger partial charge is 0.219 e. The van der Waals surface area contributed by atoms with Gasteiger partial charge in [0.25, 0.3) is 0 Å². The van der Waals surface area contributed by atoms with E-state index in [2.05, 4.69) is 32.7 Å². The third kappa shape index (κ3) is 13.4. The summed E-state index contributed by atoms with van der Waals surface area (Å²) in [5.41, 5.74) is 0.500. The van der Waals surface area contributed by atoms with Crippen molar-refractivity contribution in [1.29, 1.82) is 0 Å². The van der Waals surface area contributed by atoms with Crippen molar-refractivity contribution in [1.82, 2.24) is 9.88 Å². The Kier molecular flexibility index (Phi) is 11.5. The van der Waals surface area contributed by atoms with E-state index in [0.29, 0.717) is 17.7 Å². The minimum absolute atomic E-state index is 0.110. The molecule has 1 aromatic rings. The lowest BCUT2D eigenvalue weighted by Gasteiger charge is -2.31. The van der Waals surface area contributed by atoms with Crippen LogP contribution in [0.25, 0.3) is 0 Å². The fourth-order valence-electron chi connectivity index (χ4n) is 2.22. The zero-order valence-electron chi connectivity index (χ0n) is 17.1. The van der Waals surface area contributed by atoms with Crippen LogP contribution in [0.15, 0.2) is 36.4 Å². The van der Waals surface area contributed by atoms with Gasteiger partial charge in [-0.15, -0.1) is 0 Å². The Morgan fingerprint density at radius 1 is 1.42 bits per heavy atom. The lowest BCUT2D eigenvalue weighted by atomic mass is 9.95. The van der Waals surface area contributed by atoms with Crippen LogP contribution in [0.4, 0.5) is 4.39 Å². The van der Waals surface area contributed by atoms with Crippen LogP contribution in [-0.4, -0.2) is 34.0 Å². The van der Waals surface area contributed by atoms with Gasteiger partial charge in [0.05, 0.1) is 12.0 Å². The summed E-state index contributed by atoms with van der Waals surface area (Å²) in [5, 5.41) is 9.70. The Labute approximate surface area is 158 Å². The van der Waals surface area contributed by atoms with E-state index in [1.807, 2.05) is 17.9 Å². The first kappa shape index (κ1) is 24.1. The molecule has 1 fully saturated rings. The van der Waals surface area contributed by atoms with Crippen molar-refractivity contribution in [2.24, 2.45) is 11.3 Å². The summed E-state index contributed by atoms with van der Waals surface area (Å²) in [6, 6.07) is 2.91. The molecule has 0 aromatic carbocycles. The van der Waals surface area contributed by atoms with E-state index in [4.69, 9.17) is 0 Å². The maximum Gasteiger partial charge on any atom is 0.219 e. The first-order valence-electron chi connectivity index (χ1n) is 9.24. The van der Waals surface area contributed by atoms with Crippen LogP contribution >= 0.6 is 0 Å². The van der Waals surface area contributed by atoms with Crippen molar-refractivity contribution < 1.29 is 14.3 Å². The number of hydrogen-bond acceptors (Lipinski definition) is 3. The minimum atomic E-state index is -0.289. The molecule has 0 spiro atoms. The number of amides is 1. The highest BCUT2D eigenvalue weighted by Crippen LogP contribution is 2.22. The molecule has 2 heterocycles. The van der Waals surface area contributed by atoms with Gasteiger partial charge in [-0.2, -0.15) is 0 Å². The second kappa shape index (κ2) is 12.4. The van der Waals surface area contributed by atoms with Crippen molar-refractivity contribution in [3.8, 4) is 0 Å². The van der Waals surface area contributed by atoms with E-state index in [0.717, 1.165) is 25.8 Å². The molecule has 1 aliphatic rings. The highest BCUT2D eigenvalue weighted by atomic mass is 19.1. The van der Waals surface area contributed by atoms with Crippen LogP contribution in [0.5, 0.6) is 0 Å². The van der Waals surface area contributed by atoms with Crippen LogP contribution in [0, 0.1) is 17.2 Å². The van der Waals surface area contributed by atoms with Crippen molar-refractivity contribution in [3.05, 3.63) is 42.2 Å². The molecule has 1 unspecified atom stereocenters. The van der Waals surface area contributed by atoms with E-state index in [9.17, 15) is 14.3 Å². The van der Waals surface area contributed by atoms with E-state index in [1.165, 1.54) is 18.5 Å². The van der Waals surface area contributed by atoms with Gasteiger partial charge < -0.3 is 10.0 Å². The topological polar surface area (TPSA) is 53.4 Å². The molecule has 148 valence electrons. The average molecular weight is 367 g/mol. The summed E-state index contributed by atoms with van der Waals surface area (Å²) in [4.78, 5) is 16.5. The molecule has 0 bridgehead atoms. The summed E-state index contributed by atoms with van der Waals surface area (Å²) in [5.74, 6) is 0.438. The second-order valence-electron chi connectivity index (χ2n) is 8.01. The Bertz CT molecular complexity index is 533. The number of allylic oxidation sites excluding steroid dienone is 1. The molecule has 4 nitrogen and oxygen atoms in total. The lowest BCUT2D eigenvalue weighted by molar-refractivity contribution is -0.130. The molecule has 1 aliphatic heterocycles. The predicted molar refractivity (Wildman–Crippen MR) is 105 cm³/mol. The van der Waals surface area contributed by atoms with Crippen molar-refractivity contribution in [2.45, 2.75) is 60.8 Å². The van der Waals surface area contributed by atoms with E-state index < -0.39 is 0 Å². The number of halogens is 1. The number of rotatable bonds is 2. The van der Waals surface area contributed by atoms with Crippen LogP contribution < -0.4 is 0 Å². The number of carbonyl (C=O) groups is 1. The van der Waals surface area contributed by atoms with Crippen molar-refractivity contribution in [3.63, 3.8) is 0 Å². The first-order chi connectivity index (χ1) is 12.0. The number of aliphatic hydroxyl groups is 1. The standard InChI is InChI=1S/C11H19NO2.C5H4FN.C5H12/c1-3-5-11(14)10-6-4-7-12(8-10)9(2)13;6-5-2-1-3-7-4-5;1-5(2,3)4/h5,10,14H,3-4,6-8H2,1-2H3;1-4H;1-4H3/b11-5-;;. The highest BCUT2D eigenvalue weighted by Gasteiger charge is 2.23. The van der Waals surface area contributed by atoms with Gasteiger partial charge in [0.1, 0.15) is 5.82 Å². The van der Waals surface area contributed by atoms with Crippen LogP contribution in [-0.2, 0) is 4.79 Å². The van der Waals surface area contributed by atoms with Crippen molar-refractivity contribution in [2.75, 3.05) is 13.1 Å². The summed E-state index contributed by atoms with van der Waals surface area (Å²) in [7, 11) is 0. The maximum absolute atomic E-state index is 11.8. The van der Waals surface area contributed by atoms with Gasteiger partial charge >= 0.3 is 0 Å². The SMILES string of the molecule is CC(C)(C)C.CC/C=C(\O)C1CCCN(C(C)=O)C1.Fc1cccnc1. The minimum Gasteiger partial charge on any atom is -0.512 e. The number of pyridine rings is 1. The monoisotopic (exact) mass is 366 g/mol. The number of hydrogen-bond donors (Lipinski definition) is 1. The quantitative estimate of drug-likeness (QED) is 0.716. The van der Waals surface area contributed by atoms with Gasteiger partial charge in [-0.25, -0.2) is 4.39 Å². The summed E-state index contributed by atoms with van der Waals surface area (Å²) in [6.07, 6.45) is 7.37. The van der Waals surface area contributed by atoms with Gasteiger partial charge in [-0.1, -0.05) is 34.6 Å². The highest BCUT2D eigenvalue weighted by molar-refractivity contribution is 5.73. The Balaban J connectivity index is 0.000000431. The third-order valence-corrected chi connectivity index (χ3v) is 3.32. The van der Waals surface area contributed by atoms with E-state index in [1.54, 1.807) is 13.0 Å². The van der Waals surface area contributed by atoms with Crippen molar-refractivity contribution >= 4 is 5.91 Å². The number of piperidine rings is 1. The van der Waals surface area contributed by atoms with Gasteiger partial charge in [0.15, 0.2) is 0 Å². The second-order valence-corrected chi connectivity index (χ2v) is 8.01. The number of carbonyl (C=O) groups excluding carboxylic acids is 1. The molecule has 1 atom stereocenters. The maximum atomic E-state index is 11.8. The number of aliphatic hydroxyl groups excluding tert-OH is 1. The molecule has 0 saturated carbocycles. The zero-order valence-corrected chi connectivity index (χ0v) is 17.1. The van der Waals surface area contributed by atoms with Crippen LogP contribution in [0.2, 0.25) is 0 Å². The zero-order chi connectivity index (χ0) is 20.2. The number of likely N-dealkylation sites (tertiary alicyclic amines) is 1. The molecular formula is C21H35FN2O2. The Morgan fingerprint density at radius 3 is 2.42 bits per heavy atom. The van der Waals surface area contributed by atoms with Crippen LogP contribution in [0.3, 0.4) is 0 Å². The molecule has 26 heavy (non-hydrogen) atoms. The Hall–Kier alpha value is -1.91. The first-order valence-corrected chi connectivity index (χ1v) is 9.24. The van der Waals surface area contributed by atoms with E-state index in [-0.39, 0.29) is 17.6 Å². The summed E-state index contributed by atoms with van der Waals surface area (Å²) >= 11 is 0. The Morgan fingerprint density at radius 2 is 2.04 bits per heavy atom. The number of aromatic nitrogens is 1. The normalized spacial score (nSPS) is 17.4. The largest absolute Gasteiger partial charge is 0.512 e. The fourth-order valence-corrected chi connectivity index (χ4v) is 2.22. The van der Waals surface area contributed by atoms with Crippen LogP contribution in [0.1, 0.15) is 60.8 Å². The lowest BCUT2D eigenvalue weighted by Crippen LogP contribution is -2.39. The fraction of sp³-hybridized carbons (Fsp3) is 0.619. The molecule has 1 aromatic heterocycles. The third-order valence-electron chi connectivity index (χ3n) is 3.32. The molecule has 1 amide bonds. The molecule has 0 radical (unpaired) electrons. The molecule has 1 saturated heterocycles. The molecule has 0 aliphatic carbocycles. The predicted octanol–water partition coefficient (Wildman–Crippen LogP) is 5.37. The van der Waals surface area contributed by atoms with E-state index >= 15 is 0 Å². The average Bonchev–Trinajstić information content (AvgIpc) is 2.55. The molecule has 2 rings (SSSR count). The summed E-state index contributed by atoms with van der Waals surface area (Å²) in [6.45, 7) is 13.9. The van der Waals surface area contributed by atoms with Gasteiger partial charge in [-0.3, -0.25) is 9.78 Å². The molecular weight excluding hydrogens is 331 g/mol. The molecule has 5 heteroatoms. The number of nitrogens with zero attached hydrogens (tertiary/aromatic N) is 2. The molecule has 1 N–H and O–H groups in total. The van der Waals surface area contributed by atoms with Gasteiger partial charge in [0, 0.05) is 32.1 Å².